The van der Waals surface area contributed by atoms with Crippen LogP contribution in [-0.4, -0.2) is 43.4 Å². The van der Waals surface area contributed by atoms with Crippen LogP contribution in [-0.2, 0) is 9.59 Å². The highest BCUT2D eigenvalue weighted by molar-refractivity contribution is 5.92. The number of nitrogens with zero attached hydrogens (tertiary/aromatic N) is 1. The quantitative estimate of drug-likeness (QED) is 0.533. The Bertz CT molecular complexity index is 582. The molecule has 134 valence electrons. The Kier molecular flexibility index (Phi) is 8.25. The third-order valence-electron chi connectivity index (χ3n) is 3.24. The first-order chi connectivity index (χ1) is 11.3. The molecule has 24 heavy (non-hydrogen) atoms. The topological polar surface area (TPSA) is 61.4 Å². The Morgan fingerprint density at radius 2 is 1.71 bits per heavy atom. The Hall–Kier alpha value is -2.09. The van der Waals surface area contributed by atoms with Crippen molar-refractivity contribution in [1.82, 2.24) is 10.2 Å². The maximum Gasteiger partial charge on any atom is 0.238 e. The second kappa shape index (κ2) is 9.92. The van der Waals surface area contributed by atoms with Gasteiger partial charge in [-0.25, -0.2) is 13.2 Å². The number of nitrogens with one attached hydrogen (secondary N) is 2. The molecule has 2 N–H and O–H groups in total. The molecular formula is C16H22F3N3O2. The third-order valence-corrected chi connectivity index (χ3v) is 3.24. The molecule has 0 bridgehead atoms. The van der Waals surface area contributed by atoms with E-state index in [4.69, 9.17) is 0 Å². The molecule has 1 aromatic rings. The molecule has 0 aliphatic heterocycles. The zero-order valence-electron chi connectivity index (χ0n) is 13.8. The normalized spacial score (nSPS) is 10.8. The van der Waals surface area contributed by atoms with Gasteiger partial charge in [-0.3, -0.25) is 14.5 Å². The van der Waals surface area contributed by atoms with Gasteiger partial charge in [0.25, 0.3) is 0 Å². The van der Waals surface area contributed by atoms with E-state index in [-0.39, 0.29) is 19.0 Å². The second-order valence-corrected chi connectivity index (χ2v) is 5.50. The predicted octanol–water partition coefficient (Wildman–Crippen LogP) is 2.28. The summed E-state index contributed by atoms with van der Waals surface area (Å²) in [7, 11) is 1.55. The van der Waals surface area contributed by atoms with Gasteiger partial charge in [-0.05, 0) is 25.6 Å². The lowest BCUT2D eigenvalue weighted by molar-refractivity contribution is -0.122. The Morgan fingerprint density at radius 3 is 2.38 bits per heavy atom. The standard InChI is InChI=1S/C16H22F3N3O2/c1-3-4-5-8-20-13(23)9-22(2)10-14(24)21-12-7-6-11(17)15(18)16(12)19/h6-7H,3-5,8-10H2,1-2H3,(H,20,23)(H,21,24). The van der Waals surface area contributed by atoms with Crippen LogP contribution in [0.2, 0.25) is 0 Å². The number of halogens is 3. The number of unbranched alkanes of at least 4 members (excludes halogenated alkanes) is 2. The molecular weight excluding hydrogens is 323 g/mol. The molecule has 1 aromatic carbocycles. The van der Waals surface area contributed by atoms with Crippen LogP contribution in [0.4, 0.5) is 18.9 Å². The van der Waals surface area contributed by atoms with E-state index in [1.807, 2.05) is 0 Å². The minimum Gasteiger partial charge on any atom is -0.355 e. The number of hydrogen-bond donors (Lipinski definition) is 2. The molecule has 5 nitrogen and oxygen atoms in total. The molecule has 0 aromatic heterocycles. The van der Waals surface area contributed by atoms with Crippen molar-refractivity contribution in [2.45, 2.75) is 26.2 Å². The average Bonchev–Trinajstić information content (AvgIpc) is 2.52. The number of anilines is 1. The van der Waals surface area contributed by atoms with Crippen LogP contribution in [0.1, 0.15) is 26.2 Å². The number of carbonyl (C=O) groups is 2. The summed E-state index contributed by atoms with van der Waals surface area (Å²) >= 11 is 0. The fraction of sp³-hybridized carbons (Fsp3) is 0.500. The van der Waals surface area contributed by atoms with Crippen LogP contribution < -0.4 is 10.6 Å². The van der Waals surface area contributed by atoms with Gasteiger partial charge in [0.1, 0.15) is 0 Å². The lowest BCUT2D eigenvalue weighted by Crippen LogP contribution is -2.39. The molecule has 8 heteroatoms. The van der Waals surface area contributed by atoms with Gasteiger partial charge in [-0.2, -0.15) is 0 Å². The van der Waals surface area contributed by atoms with Crippen molar-refractivity contribution < 1.29 is 22.8 Å². The van der Waals surface area contributed by atoms with E-state index in [0.717, 1.165) is 31.4 Å². The number of carbonyl (C=O) groups excluding carboxylic acids is 2. The van der Waals surface area contributed by atoms with E-state index in [1.54, 1.807) is 7.05 Å². The Labute approximate surface area is 139 Å². The van der Waals surface area contributed by atoms with Crippen LogP contribution in [0.15, 0.2) is 12.1 Å². The fourth-order valence-corrected chi connectivity index (χ4v) is 2.02. The van der Waals surface area contributed by atoms with Crippen LogP contribution >= 0.6 is 0 Å². The van der Waals surface area contributed by atoms with E-state index in [9.17, 15) is 22.8 Å². The van der Waals surface area contributed by atoms with Crippen LogP contribution in [0.3, 0.4) is 0 Å². The molecule has 0 saturated heterocycles. The number of benzene rings is 1. The average molecular weight is 345 g/mol. The highest BCUT2D eigenvalue weighted by atomic mass is 19.2. The van der Waals surface area contributed by atoms with Crippen LogP contribution in [0, 0.1) is 17.5 Å². The fourth-order valence-electron chi connectivity index (χ4n) is 2.02. The first-order valence-corrected chi connectivity index (χ1v) is 7.73. The van der Waals surface area contributed by atoms with Gasteiger partial charge in [-0.1, -0.05) is 19.8 Å². The number of amides is 2. The molecule has 0 aliphatic rings. The lowest BCUT2D eigenvalue weighted by Gasteiger charge is -2.16. The van der Waals surface area contributed by atoms with Gasteiger partial charge < -0.3 is 10.6 Å². The molecule has 0 fully saturated rings. The molecule has 0 unspecified atom stereocenters. The summed E-state index contributed by atoms with van der Waals surface area (Å²) in [6.45, 7) is 2.44. The minimum atomic E-state index is -1.65. The van der Waals surface area contributed by atoms with E-state index in [0.29, 0.717) is 6.54 Å². The summed E-state index contributed by atoms with van der Waals surface area (Å²) in [6.07, 6.45) is 2.97. The van der Waals surface area contributed by atoms with Gasteiger partial charge in [0.05, 0.1) is 18.8 Å². The Morgan fingerprint density at radius 1 is 1.04 bits per heavy atom. The van der Waals surface area contributed by atoms with Crippen molar-refractivity contribution in [3.8, 4) is 0 Å². The first-order valence-electron chi connectivity index (χ1n) is 7.73. The number of hydrogen-bond acceptors (Lipinski definition) is 3. The van der Waals surface area contributed by atoms with E-state index < -0.39 is 29.0 Å². The second-order valence-electron chi connectivity index (χ2n) is 5.50. The maximum atomic E-state index is 13.5. The molecule has 0 radical (unpaired) electrons. The summed E-state index contributed by atoms with van der Waals surface area (Å²) in [5.41, 5.74) is -0.448. The van der Waals surface area contributed by atoms with Crippen LogP contribution in [0.25, 0.3) is 0 Å². The zero-order valence-corrected chi connectivity index (χ0v) is 13.8. The van der Waals surface area contributed by atoms with Gasteiger partial charge >= 0.3 is 0 Å². The molecule has 2 amide bonds. The number of likely N-dealkylation sites (N-methyl/N-ethyl adjacent to an activating group) is 1. The summed E-state index contributed by atoms with van der Waals surface area (Å²) < 4.78 is 39.4. The van der Waals surface area contributed by atoms with E-state index >= 15 is 0 Å². The van der Waals surface area contributed by atoms with Crippen molar-refractivity contribution >= 4 is 17.5 Å². The van der Waals surface area contributed by atoms with Gasteiger partial charge in [0, 0.05) is 6.54 Å². The summed E-state index contributed by atoms with van der Waals surface area (Å²) in [5.74, 6) is -5.30. The molecule has 0 aliphatic carbocycles. The molecule has 0 spiro atoms. The summed E-state index contributed by atoms with van der Waals surface area (Å²) in [5, 5.41) is 4.88. The zero-order chi connectivity index (χ0) is 18.1. The lowest BCUT2D eigenvalue weighted by atomic mass is 10.2. The van der Waals surface area contributed by atoms with Gasteiger partial charge in [0.15, 0.2) is 17.5 Å². The Balaban J connectivity index is 2.42. The van der Waals surface area contributed by atoms with E-state index in [1.165, 1.54) is 4.90 Å². The van der Waals surface area contributed by atoms with Crippen molar-refractivity contribution in [2.75, 3.05) is 32.0 Å². The highest BCUT2D eigenvalue weighted by Gasteiger charge is 2.16. The number of rotatable bonds is 9. The minimum absolute atomic E-state index is 0.000192. The van der Waals surface area contributed by atoms with Crippen molar-refractivity contribution in [3.05, 3.63) is 29.6 Å². The molecule has 0 atom stereocenters. The molecule has 0 heterocycles. The third kappa shape index (κ3) is 6.57. The maximum absolute atomic E-state index is 13.5. The van der Waals surface area contributed by atoms with E-state index in [2.05, 4.69) is 17.6 Å². The van der Waals surface area contributed by atoms with Crippen molar-refractivity contribution in [1.29, 1.82) is 0 Å². The smallest absolute Gasteiger partial charge is 0.238 e. The monoisotopic (exact) mass is 345 g/mol. The highest BCUT2D eigenvalue weighted by Crippen LogP contribution is 2.19. The van der Waals surface area contributed by atoms with Crippen molar-refractivity contribution in [3.63, 3.8) is 0 Å². The first kappa shape index (κ1) is 20.0. The van der Waals surface area contributed by atoms with Crippen LogP contribution in [0.5, 0.6) is 0 Å². The summed E-state index contributed by atoms with van der Waals surface area (Å²) in [4.78, 5) is 24.9. The SMILES string of the molecule is CCCCCNC(=O)CN(C)CC(=O)Nc1ccc(F)c(F)c1F. The molecule has 0 saturated carbocycles. The molecule has 1 rings (SSSR count). The van der Waals surface area contributed by atoms with Crippen molar-refractivity contribution in [2.24, 2.45) is 0 Å². The predicted molar refractivity (Wildman–Crippen MR) is 85.0 cm³/mol. The van der Waals surface area contributed by atoms with Gasteiger partial charge in [-0.15, -0.1) is 0 Å². The largest absolute Gasteiger partial charge is 0.355 e. The summed E-state index contributed by atoms with van der Waals surface area (Å²) in [6, 6.07) is 1.66. The van der Waals surface area contributed by atoms with Gasteiger partial charge in [0.2, 0.25) is 11.8 Å².